The molecule has 0 spiro atoms. The van der Waals surface area contributed by atoms with E-state index in [9.17, 15) is 4.79 Å². The molecule has 0 aliphatic heterocycles. The van der Waals surface area contributed by atoms with Crippen LogP contribution < -0.4 is 5.56 Å². The van der Waals surface area contributed by atoms with Crippen molar-refractivity contribution >= 4 is 22.6 Å². The minimum Gasteiger partial charge on any atom is -0.304 e. The summed E-state index contributed by atoms with van der Waals surface area (Å²) in [6.45, 7) is 0. The number of hydrogen-bond acceptors (Lipinski definition) is 3. The Bertz CT molecular complexity index is 808. The lowest BCUT2D eigenvalue weighted by molar-refractivity contribution is 0.769. The predicted octanol–water partition coefficient (Wildman–Crippen LogP) is 2.44. The summed E-state index contributed by atoms with van der Waals surface area (Å²) >= 11 is 2.02. The predicted molar refractivity (Wildman–Crippen MR) is 85.2 cm³/mol. The van der Waals surface area contributed by atoms with Crippen molar-refractivity contribution in [3.8, 4) is 22.8 Å². The number of benzene rings is 1. The summed E-state index contributed by atoms with van der Waals surface area (Å²) in [5.74, 6) is 0.522. The number of nitrogens with one attached hydrogen (secondary N) is 1. The standard InChI is InChI=1S/C14H11IN4O/c1-19-10(7-8-16-19)13-17-12(11(15)14(20)18-13)9-5-3-2-4-6-9/h2-8H,1H3,(H,17,18,20). The van der Waals surface area contributed by atoms with Crippen LogP contribution in [0.2, 0.25) is 0 Å². The lowest BCUT2D eigenvalue weighted by atomic mass is 10.1. The summed E-state index contributed by atoms with van der Waals surface area (Å²) in [5, 5.41) is 4.10. The zero-order valence-corrected chi connectivity index (χ0v) is 12.8. The van der Waals surface area contributed by atoms with E-state index in [0.717, 1.165) is 11.3 Å². The van der Waals surface area contributed by atoms with Crippen LogP contribution in [0, 0.1) is 3.57 Å². The molecule has 1 N–H and O–H groups in total. The van der Waals surface area contributed by atoms with Gasteiger partial charge in [-0.25, -0.2) is 4.98 Å². The van der Waals surface area contributed by atoms with Crippen LogP contribution in [0.3, 0.4) is 0 Å². The number of nitrogens with zero attached hydrogens (tertiary/aromatic N) is 3. The highest BCUT2D eigenvalue weighted by Crippen LogP contribution is 2.22. The molecule has 0 amide bonds. The van der Waals surface area contributed by atoms with Gasteiger partial charge in [-0.1, -0.05) is 30.3 Å². The Balaban J connectivity index is 2.24. The quantitative estimate of drug-likeness (QED) is 0.697. The van der Waals surface area contributed by atoms with E-state index in [-0.39, 0.29) is 5.56 Å². The molecule has 3 rings (SSSR count). The summed E-state index contributed by atoms with van der Waals surface area (Å²) in [4.78, 5) is 19.5. The molecule has 0 unspecified atom stereocenters. The van der Waals surface area contributed by atoms with E-state index in [1.807, 2.05) is 66.0 Å². The van der Waals surface area contributed by atoms with Crippen molar-refractivity contribution in [1.29, 1.82) is 0 Å². The Labute approximate surface area is 128 Å². The SMILES string of the molecule is Cn1nccc1-c1nc(-c2ccccc2)c(I)c(=O)[nH]1. The third kappa shape index (κ3) is 2.26. The molecule has 2 heterocycles. The van der Waals surface area contributed by atoms with E-state index in [1.54, 1.807) is 10.9 Å². The number of aromatic amines is 1. The molecule has 0 radical (unpaired) electrons. The smallest absolute Gasteiger partial charge is 0.265 e. The average molecular weight is 378 g/mol. The van der Waals surface area contributed by atoms with Crippen LogP contribution in [0.4, 0.5) is 0 Å². The van der Waals surface area contributed by atoms with Crippen LogP contribution in [0.5, 0.6) is 0 Å². The van der Waals surface area contributed by atoms with E-state index in [2.05, 4.69) is 15.1 Å². The first kappa shape index (κ1) is 13.0. The number of hydrogen-bond donors (Lipinski definition) is 1. The van der Waals surface area contributed by atoms with Gasteiger partial charge in [0.05, 0.1) is 5.69 Å². The van der Waals surface area contributed by atoms with E-state index >= 15 is 0 Å². The molecule has 2 aromatic heterocycles. The number of halogens is 1. The van der Waals surface area contributed by atoms with E-state index in [4.69, 9.17) is 0 Å². The van der Waals surface area contributed by atoms with Crippen molar-refractivity contribution in [2.24, 2.45) is 7.05 Å². The molecule has 0 atom stereocenters. The van der Waals surface area contributed by atoms with E-state index in [1.165, 1.54) is 0 Å². The molecule has 0 aliphatic carbocycles. The van der Waals surface area contributed by atoms with Gasteiger partial charge in [0.25, 0.3) is 5.56 Å². The average Bonchev–Trinajstić information content (AvgIpc) is 2.89. The monoisotopic (exact) mass is 378 g/mol. The highest BCUT2D eigenvalue weighted by molar-refractivity contribution is 14.1. The van der Waals surface area contributed by atoms with Crippen LogP contribution in [-0.2, 0) is 7.05 Å². The molecular weight excluding hydrogens is 367 g/mol. The van der Waals surface area contributed by atoms with E-state index in [0.29, 0.717) is 15.1 Å². The molecule has 0 saturated carbocycles. The van der Waals surface area contributed by atoms with Gasteiger partial charge < -0.3 is 4.98 Å². The number of aromatic nitrogens is 4. The normalized spacial score (nSPS) is 10.7. The van der Waals surface area contributed by atoms with Crippen molar-refractivity contribution < 1.29 is 0 Å². The molecule has 3 aromatic rings. The summed E-state index contributed by atoms with van der Waals surface area (Å²) in [7, 11) is 1.81. The molecule has 20 heavy (non-hydrogen) atoms. The van der Waals surface area contributed by atoms with Crippen molar-refractivity contribution in [2.75, 3.05) is 0 Å². The Morgan fingerprint density at radius 2 is 1.95 bits per heavy atom. The van der Waals surface area contributed by atoms with Gasteiger partial charge in [0.2, 0.25) is 0 Å². The van der Waals surface area contributed by atoms with Crippen LogP contribution in [0.1, 0.15) is 0 Å². The summed E-state index contributed by atoms with van der Waals surface area (Å²) in [6.07, 6.45) is 1.68. The lowest BCUT2D eigenvalue weighted by Gasteiger charge is -2.07. The summed E-state index contributed by atoms with van der Waals surface area (Å²) < 4.78 is 2.26. The van der Waals surface area contributed by atoms with Gasteiger partial charge in [0.1, 0.15) is 9.26 Å². The fraction of sp³-hybridized carbons (Fsp3) is 0.0714. The second-order valence-corrected chi connectivity index (χ2v) is 5.36. The Morgan fingerprint density at radius 3 is 2.60 bits per heavy atom. The number of rotatable bonds is 2. The van der Waals surface area contributed by atoms with Gasteiger partial charge in [0, 0.05) is 18.8 Å². The minimum absolute atomic E-state index is 0.143. The van der Waals surface area contributed by atoms with Crippen LogP contribution >= 0.6 is 22.6 Å². The van der Waals surface area contributed by atoms with Gasteiger partial charge in [-0.15, -0.1) is 0 Å². The minimum atomic E-state index is -0.143. The Morgan fingerprint density at radius 1 is 1.20 bits per heavy atom. The Hall–Kier alpha value is -1.96. The topological polar surface area (TPSA) is 63.6 Å². The van der Waals surface area contributed by atoms with Crippen LogP contribution in [0.25, 0.3) is 22.8 Å². The fourth-order valence-electron chi connectivity index (χ4n) is 1.97. The first-order chi connectivity index (χ1) is 9.66. The Kier molecular flexibility index (Phi) is 3.39. The molecule has 100 valence electrons. The molecule has 1 aromatic carbocycles. The van der Waals surface area contributed by atoms with Gasteiger partial charge in [-0.3, -0.25) is 9.48 Å². The lowest BCUT2D eigenvalue weighted by Crippen LogP contribution is -2.15. The van der Waals surface area contributed by atoms with Crippen LogP contribution in [0.15, 0.2) is 47.4 Å². The van der Waals surface area contributed by atoms with Crippen molar-refractivity contribution in [1.82, 2.24) is 19.7 Å². The van der Waals surface area contributed by atoms with Gasteiger partial charge in [-0.2, -0.15) is 5.10 Å². The maximum absolute atomic E-state index is 12.1. The molecule has 6 heteroatoms. The first-order valence-corrected chi connectivity index (χ1v) is 7.08. The third-order valence-corrected chi connectivity index (χ3v) is 3.97. The molecule has 0 saturated heterocycles. The summed E-state index contributed by atoms with van der Waals surface area (Å²) in [6, 6.07) is 11.5. The van der Waals surface area contributed by atoms with Crippen molar-refractivity contribution in [3.63, 3.8) is 0 Å². The third-order valence-electron chi connectivity index (χ3n) is 2.97. The van der Waals surface area contributed by atoms with Crippen molar-refractivity contribution in [2.45, 2.75) is 0 Å². The molecule has 0 aliphatic rings. The maximum atomic E-state index is 12.1. The van der Waals surface area contributed by atoms with Gasteiger partial charge in [0.15, 0.2) is 5.82 Å². The second-order valence-electron chi connectivity index (χ2n) is 4.28. The van der Waals surface area contributed by atoms with E-state index < -0.39 is 0 Å². The number of H-pyrrole nitrogens is 1. The zero-order valence-electron chi connectivity index (χ0n) is 10.7. The highest BCUT2D eigenvalue weighted by Gasteiger charge is 2.13. The maximum Gasteiger partial charge on any atom is 0.265 e. The molecule has 0 bridgehead atoms. The fourth-order valence-corrected chi connectivity index (χ4v) is 2.54. The van der Waals surface area contributed by atoms with Crippen molar-refractivity contribution in [3.05, 3.63) is 56.5 Å². The number of aryl methyl sites for hydroxylation is 1. The van der Waals surface area contributed by atoms with Gasteiger partial charge >= 0.3 is 0 Å². The molecule has 5 nitrogen and oxygen atoms in total. The largest absolute Gasteiger partial charge is 0.304 e. The zero-order chi connectivity index (χ0) is 14.1. The highest BCUT2D eigenvalue weighted by atomic mass is 127. The first-order valence-electron chi connectivity index (χ1n) is 6.00. The molecule has 0 fully saturated rings. The van der Waals surface area contributed by atoms with Gasteiger partial charge in [-0.05, 0) is 28.7 Å². The van der Waals surface area contributed by atoms with Crippen LogP contribution in [-0.4, -0.2) is 19.7 Å². The second kappa shape index (κ2) is 5.20. The molecular formula is C14H11IN4O. The summed E-state index contributed by atoms with van der Waals surface area (Å²) in [5.41, 5.74) is 2.24.